The monoisotopic (exact) mass is 484 g/mol. The highest BCUT2D eigenvalue weighted by molar-refractivity contribution is 5.94. The number of hydrogen-bond acceptors (Lipinski definition) is 3. The fraction of sp³-hybridized carbons (Fsp3) is 0.206. The maximum atomic E-state index is 6.10. The second-order valence-corrected chi connectivity index (χ2v) is 9.67. The summed E-state index contributed by atoms with van der Waals surface area (Å²) in [7, 11) is 1.79. The summed E-state index contributed by atoms with van der Waals surface area (Å²) in [5, 5.41) is 2.56. The van der Waals surface area contributed by atoms with Crippen LogP contribution in [0.3, 0.4) is 0 Å². The van der Waals surface area contributed by atoms with Crippen LogP contribution in [0.1, 0.15) is 37.1 Å². The van der Waals surface area contributed by atoms with E-state index in [9.17, 15) is 0 Å². The van der Waals surface area contributed by atoms with Crippen LogP contribution in [-0.2, 0) is 6.42 Å². The predicted molar refractivity (Wildman–Crippen MR) is 154 cm³/mol. The van der Waals surface area contributed by atoms with E-state index in [2.05, 4.69) is 115 Å². The number of pyridine rings is 1. The Bertz CT molecular complexity index is 1520. The Hall–Kier alpha value is -4.11. The van der Waals surface area contributed by atoms with E-state index in [0.717, 1.165) is 48.5 Å². The highest BCUT2D eigenvalue weighted by Crippen LogP contribution is 2.44. The molecule has 1 atom stereocenters. The Labute approximate surface area is 219 Å². The van der Waals surface area contributed by atoms with Crippen molar-refractivity contribution in [3.8, 4) is 28.1 Å². The molecule has 6 rings (SSSR count). The summed E-state index contributed by atoms with van der Waals surface area (Å²) in [5.41, 5.74) is 8.18. The molecule has 0 N–H and O–H groups in total. The molecule has 4 aromatic carbocycles. The fourth-order valence-electron chi connectivity index (χ4n) is 5.95. The van der Waals surface area contributed by atoms with E-state index in [0.29, 0.717) is 0 Å². The zero-order chi connectivity index (χ0) is 25.2. The quantitative estimate of drug-likeness (QED) is 0.242. The molecule has 0 amide bonds. The standard InChI is InChI=1S/C34H32N2O/c1-3-36(31-21-11-16-25-15-7-8-18-27(25)31)32-22-12-20-29-34(32)33(37-2)23-30(35-29)28-19-10-9-17-26(28)24-13-5-4-6-14-24/h4-11,13-19,21,23,32H,3,12,20,22H2,1-2H3. The number of nitrogens with zero attached hydrogens (tertiary/aromatic N) is 2. The van der Waals surface area contributed by atoms with Crippen molar-refractivity contribution in [2.24, 2.45) is 0 Å². The zero-order valence-electron chi connectivity index (χ0n) is 21.5. The van der Waals surface area contributed by atoms with Gasteiger partial charge in [0.05, 0.1) is 24.5 Å². The number of anilines is 1. The molecule has 0 spiro atoms. The largest absolute Gasteiger partial charge is 0.496 e. The van der Waals surface area contributed by atoms with Crippen molar-refractivity contribution in [1.82, 2.24) is 4.98 Å². The Kier molecular flexibility index (Phi) is 6.36. The molecule has 1 aliphatic carbocycles. The average Bonchev–Trinajstić information content (AvgIpc) is 2.97. The molecule has 1 aliphatic rings. The summed E-state index contributed by atoms with van der Waals surface area (Å²) >= 11 is 0. The van der Waals surface area contributed by atoms with E-state index in [1.807, 2.05) is 0 Å². The first kappa shape index (κ1) is 23.3. The van der Waals surface area contributed by atoms with Crippen molar-refractivity contribution >= 4 is 16.5 Å². The molecule has 184 valence electrons. The third-order valence-corrected chi connectivity index (χ3v) is 7.62. The number of aromatic nitrogens is 1. The zero-order valence-corrected chi connectivity index (χ0v) is 21.5. The van der Waals surface area contributed by atoms with Gasteiger partial charge in [-0.05, 0) is 48.8 Å². The number of fused-ring (bicyclic) bond motifs is 2. The van der Waals surface area contributed by atoms with Crippen molar-refractivity contribution in [2.45, 2.75) is 32.2 Å². The van der Waals surface area contributed by atoms with Gasteiger partial charge in [-0.15, -0.1) is 0 Å². The van der Waals surface area contributed by atoms with Gasteiger partial charge in [-0.25, -0.2) is 0 Å². The maximum absolute atomic E-state index is 6.10. The van der Waals surface area contributed by atoms with Gasteiger partial charge in [-0.2, -0.15) is 0 Å². The second kappa shape index (κ2) is 10.1. The van der Waals surface area contributed by atoms with Crippen molar-refractivity contribution in [3.05, 3.63) is 114 Å². The minimum atomic E-state index is 0.223. The molecule has 3 nitrogen and oxygen atoms in total. The van der Waals surface area contributed by atoms with Crippen LogP contribution in [0.2, 0.25) is 0 Å². The summed E-state index contributed by atoms with van der Waals surface area (Å²) < 4.78 is 6.10. The molecule has 1 unspecified atom stereocenters. The Morgan fingerprint density at radius 2 is 1.57 bits per heavy atom. The molecule has 5 aromatic rings. The summed E-state index contributed by atoms with van der Waals surface area (Å²) in [5.74, 6) is 0.936. The third-order valence-electron chi connectivity index (χ3n) is 7.62. The van der Waals surface area contributed by atoms with E-state index >= 15 is 0 Å². The first-order chi connectivity index (χ1) is 18.3. The van der Waals surface area contributed by atoms with Crippen LogP contribution in [0.5, 0.6) is 5.75 Å². The summed E-state index contributed by atoms with van der Waals surface area (Å²) in [6.45, 7) is 3.17. The van der Waals surface area contributed by atoms with Crippen molar-refractivity contribution in [1.29, 1.82) is 0 Å². The molecule has 0 radical (unpaired) electrons. The lowest BCUT2D eigenvalue weighted by Gasteiger charge is -2.38. The molecule has 0 fully saturated rings. The fourth-order valence-corrected chi connectivity index (χ4v) is 5.95. The van der Waals surface area contributed by atoms with Gasteiger partial charge in [0.2, 0.25) is 0 Å². The summed E-state index contributed by atoms with van der Waals surface area (Å²) in [6.07, 6.45) is 3.16. The van der Waals surface area contributed by atoms with Crippen LogP contribution in [0.15, 0.2) is 103 Å². The topological polar surface area (TPSA) is 25.4 Å². The van der Waals surface area contributed by atoms with Crippen LogP contribution < -0.4 is 9.64 Å². The van der Waals surface area contributed by atoms with Crippen LogP contribution in [-0.4, -0.2) is 18.6 Å². The van der Waals surface area contributed by atoms with Crippen molar-refractivity contribution < 1.29 is 4.74 Å². The number of ether oxygens (including phenoxy) is 1. The lowest BCUT2D eigenvalue weighted by molar-refractivity contribution is 0.393. The van der Waals surface area contributed by atoms with E-state index in [1.165, 1.54) is 33.2 Å². The Morgan fingerprint density at radius 1 is 0.838 bits per heavy atom. The number of benzene rings is 4. The molecule has 37 heavy (non-hydrogen) atoms. The lowest BCUT2D eigenvalue weighted by Crippen LogP contribution is -2.32. The molecule has 0 saturated heterocycles. The van der Waals surface area contributed by atoms with Gasteiger partial charge in [0.25, 0.3) is 0 Å². The molecule has 3 heteroatoms. The highest BCUT2D eigenvalue weighted by Gasteiger charge is 2.31. The molecule has 0 bridgehead atoms. The summed E-state index contributed by atoms with van der Waals surface area (Å²) in [4.78, 5) is 7.84. The van der Waals surface area contributed by atoms with Gasteiger partial charge < -0.3 is 9.64 Å². The number of aryl methyl sites for hydroxylation is 1. The molecule has 0 saturated carbocycles. The van der Waals surface area contributed by atoms with Crippen molar-refractivity contribution in [2.75, 3.05) is 18.6 Å². The van der Waals surface area contributed by atoms with Crippen molar-refractivity contribution in [3.63, 3.8) is 0 Å². The maximum Gasteiger partial charge on any atom is 0.128 e. The highest BCUT2D eigenvalue weighted by atomic mass is 16.5. The van der Waals surface area contributed by atoms with Gasteiger partial charge >= 0.3 is 0 Å². The number of methoxy groups -OCH3 is 1. The van der Waals surface area contributed by atoms with Crippen LogP contribution in [0.4, 0.5) is 5.69 Å². The van der Waals surface area contributed by atoms with E-state index in [1.54, 1.807) is 7.11 Å². The van der Waals surface area contributed by atoms with Crippen LogP contribution >= 0.6 is 0 Å². The van der Waals surface area contributed by atoms with Gasteiger partial charge in [0.15, 0.2) is 0 Å². The normalized spacial score (nSPS) is 14.8. The van der Waals surface area contributed by atoms with Crippen LogP contribution in [0, 0.1) is 0 Å². The molecular weight excluding hydrogens is 452 g/mol. The molecule has 0 aliphatic heterocycles. The molecule has 1 aromatic heterocycles. The van der Waals surface area contributed by atoms with Gasteiger partial charge in [0, 0.05) is 34.8 Å². The first-order valence-electron chi connectivity index (χ1n) is 13.3. The molecule has 1 heterocycles. The summed E-state index contributed by atoms with van der Waals surface area (Å²) in [6, 6.07) is 36.8. The second-order valence-electron chi connectivity index (χ2n) is 9.67. The van der Waals surface area contributed by atoms with Gasteiger partial charge in [0.1, 0.15) is 5.75 Å². The smallest absolute Gasteiger partial charge is 0.128 e. The number of rotatable bonds is 6. The van der Waals surface area contributed by atoms with Crippen LogP contribution in [0.25, 0.3) is 33.2 Å². The minimum absolute atomic E-state index is 0.223. The lowest BCUT2D eigenvalue weighted by atomic mass is 9.87. The average molecular weight is 485 g/mol. The Morgan fingerprint density at radius 3 is 2.38 bits per heavy atom. The molecular formula is C34H32N2O. The van der Waals surface area contributed by atoms with E-state index in [-0.39, 0.29) is 6.04 Å². The predicted octanol–water partition coefficient (Wildman–Crippen LogP) is 8.48. The first-order valence-corrected chi connectivity index (χ1v) is 13.3. The number of hydrogen-bond donors (Lipinski definition) is 0. The van der Waals surface area contributed by atoms with Gasteiger partial charge in [-0.3, -0.25) is 4.98 Å². The van der Waals surface area contributed by atoms with E-state index in [4.69, 9.17) is 9.72 Å². The SMILES string of the molecule is CCN(c1cccc2ccccc12)C1CCCc2nc(-c3ccccc3-c3ccccc3)cc(OC)c21. The third kappa shape index (κ3) is 4.25. The Balaban J connectivity index is 1.48. The minimum Gasteiger partial charge on any atom is -0.496 e. The van der Waals surface area contributed by atoms with Gasteiger partial charge in [-0.1, -0.05) is 91.0 Å². The van der Waals surface area contributed by atoms with E-state index < -0.39 is 0 Å².